The van der Waals surface area contributed by atoms with Crippen LogP contribution in [0.25, 0.3) is 0 Å². The number of hydrogen-bond acceptors (Lipinski definition) is 3. The molecule has 3 aromatic rings. The highest BCUT2D eigenvalue weighted by Crippen LogP contribution is 2.22. The fourth-order valence-electron chi connectivity index (χ4n) is 2.68. The SMILES string of the molecule is O=C(CCNC(=O)c1ccccc1F)N[C@H](c1ccccc1)c1ccco1. The fraction of sp³-hybridized carbons (Fsp3) is 0.143. The summed E-state index contributed by atoms with van der Waals surface area (Å²) >= 11 is 0. The van der Waals surface area contributed by atoms with Crippen molar-refractivity contribution in [3.8, 4) is 0 Å². The first-order chi connectivity index (χ1) is 13.1. The predicted octanol–water partition coefficient (Wildman–Crippen LogP) is 3.44. The van der Waals surface area contributed by atoms with Gasteiger partial charge in [-0.2, -0.15) is 0 Å². The third kappa shape index (κ3) is 4.82. The van der Waals surface area contributed by atoms with E-state index < -0.39 is 17.8 Å². The van der Waals surface area contributed by atoms with Crippen LogP contribution in [0.4, 0.5) is 4.39 Å². The van der Waals surface area contributed by atoms with Gasteiger partial charge >= 0.3 is 0 Å². The van der Waals surface area contributed by atoms with Gasteiger partial charge in [0.1, 0.15) is 17.6 Å². The van der Waals surface area contributed by atoms with E-state index in [1.807, 2.05) is 30.3 Å². The summed E-state index contributed by atoms with van der Waals surface area (Å²) in [6, 6.07) is 18.3. The van der Waals surface area contributed by atoms with Crippen LogP contribution in [0.3, 0.4) is 0 Å². The monoisotopic (exact) mass is 366 g/mol. The second-order valence-corrected chi connectivity index (χ2v) is 5.91. The molecule has 2 amide bonds. The van der Waals surface area contributed by atoms with E-state index in [0.717, 1.165) is 5.56 Å². The Kier molecular flexibility index (Phi) is 5.99. The molecule has 0 fully saturated rings. The lowest BCUT2D eigenvalue weighted by Crippen LogP contribution is -2.33. The van der Waals surface area contributed by atoms with Crippen LogP contribution in [0.2, 0.25) is 0 Å². The summed E-state index contributed by atoms with van der Waals surface area (Å²) in [6.45, 7) is 0.0959. The first-order valence-corrected chi connectivity index (χ1v) is 8.55. The number of furan rings is 1. The summed E-state index contributed by atoms with van der Waals surface area (Å²) < 4.78 is 19.0. The van der Waals surface area contributed by atoms with Gasteiger partial charge in [-0.15, -0.1) is 0 Å². The lowest BCUT2D eigenvalue weighted by atomic mass is 10.0. The van der Waals surface area contributed by atoms with Crippen molar-refractivity contribution in [2.24, 2.45) is 0 Å². The Morgan fingerprint density at radius 3 is 2.41 bits per heavy atom. The summed E-state index contributed by atoms with van der Waals surface area (Å²) in [5.74, 6) is -0.785. The molecule has 2 N–H and O–H groups in total. The lowest BCUT2D eigenvalue weighted by Gasteiger charge is -2.17. The third-order valence-electron chi connectivity index (χ3n) is 4.02. The number of carbonyl (C=O) groups is 2. The molecule has 0 aliphatic heterocycles. The molecule has 0 unspecified atom stereocenters. The molecule has 1 aromatic heterocycles. The zero-order chi connectivity index (χ0) is 19.1. The molecular formula is C21H19FN2O3. The van der Waals surface area contributed by atoms with Gasteiger partial charge in [-0.1, -0.05) is 42.5 Å². The second kappa shape index (κ2) is 8.80. The van der Waals surface area contributed by atoms with Gasteiger partial charge in [0, 0.05) is 13.0 Å². The largest absolute Gasteiger partial charge is 0.467 e. The Morgan fingerprint density at radius 2 is 1.70 bits per heavy atom. The molecule has 0 saturated carbocycles. The summed E-state index contributed by atoms with van der Waals surface area (Å²) in [6.07, 6.45) is 1.61. The molecule has 0 aliphatic rings. The van der Waals surface area contributed by atoms with E-state index in [1.54, 1.807) is 24.5 Å². The maximum atomic E-state index is 13.6. The van der Waals surface area contributed by atoms with Crippen LogP contribution >= 0.6 is 0 Å². The Balaban J connectivity index is 1.57. The van der Waals surface area contributed by atoms with E-state index in [1.165, 1.54) is 18.2 Å². The van der Waals surface area contributed by atoms with Gasteiger partial charge in [0.25, 0.3) is 5.91 Å². The van der Waals surface area contributed by atoms with Crippen LogP contribution in [0.15, 0.2) is 77.4 Å². The van der Waals surface area contributed by atoms with E-state index in [-0.39, 0.29) is 24.4 Å². The highest BCUT2D eigenvalue weighted by Gasteiger charge is 2.19. The van der Waals surface area contributed by atoms with Crippen LogP contribution in [0.1, 0.15) is 34.1 Å². The molecule has 2 aromatic carbocycles. The summed E-state index contributed by atoms with van der Waals surface area (Å²) in [5.41, 5.74) is 0.840. The molecule has 27 heavy (non-hydrogen) atoms. The molecule has 0 spiro atoms. The second-order valence-electron chi connectivity index (χ2n) is 5.91. The number of nitrogens with one attached hydrogen (secondary N) is 2. The number of carbonyl (C=O) groups excluding carboxylic acids is 2. The van der Waals surface area contributed by atoms with Gasteiger partial charge < -0.3 is 15.1 Å². The molecular weight excluding hydrogens is 347 g/mol. The molecule has 138 valence electrons. The average Bonchev–Trinajstić information content (AvgIpc) is 3.21. The minimum absolute atomic E-state index is 0.0457. The summed E-state index contributed by atoms with van der Waals surface area (Å²) in [5, 5.41) is 5.46. The van der Waals surface area contributed by atoms with Crippen molar-refractivity contribution in [3.63, 3.8) is 0 Å². The summed E-state index contributed by atoms with van der Waals surface area (Å²) in [4.78, 5) is 24.3. The Bertz CT molecular complexity index is 895. The zero-order valence-corrected chi connectivity index (χ0v) is 14.5. The van der Waals surface area contributed by atoms with Crippen LogP contribution in [0, 0.1) is 5.82 Å². The molecule has 5 nitrogen and oxygen atoms in total. The standard InChI is InChI=1S/C21H19FN2O3/c22-17-10-5-4-9-16(17)21(26)23-13-12-19(25)24-20(18-11-6-14-27-18)15-7-2-1-3-8-15/h1-11,14,20H,12-13H2,(H,23,26)(H,24,25)/t20-/m1/s1. The van der Waals surface area contributed by atoms with Crippen LogP contribution in [-0.4, -0.2) is 18.4 Å². The first kappa shape index (κ1) is 18.4. The smallest absolute Gasteiger partial charge is 0.254 e. The van der Waals surface area contributed by atoms with Crippen molar-refractivity contribution in [1.29, 1.82) is 0 Å². The average molecular weight is 366 g/mol. The van der Waals surface area contributed by atoms with Crippen LogP contribution in [0.5, 0.6) is 0 Å². The quantitative estimate of drug-likeness (QED) is 0.673. The van der Waals surface area contributed by atoms with Crippen molar-refractivity contribution < 1.29 is 18.4 Å². The van der Waals surface area contributed by atoms with Crippen molar-refractivity contribution >= 4 is 11.8 Å². The molecule has 1 atom stereocenters. The number of rotatable bonds is 7. The van der Waals surface area contributed by atoms with Crippen molar-refractivity contribution in [3.05, 3.63) is 95.7 Å². The fourth-order valence-corrected chi connectivity index (χ4v) is 2.68. The normalized spacial score (nSPS) is 11.6. The topological polar surface area (TPSA) is 71.3 Å². The van der Waals surface area contributed by atoms with Gasteiger partial charge in [-0.25, -0.2) is 4.39 Å². The molecule has 6 heteroatoms. The minimum Gasteiger partial charge on any atom is -0.467 e. The van der Waals surface area contributed by atoms with E-state index in [4.69, 9.17) is 4.42 Å². The molecule has 0 bridgehead atoms. The highest BCUT2D eigenvalue weighted by molar-refractivity contribution is 5.94. The van der Waals surface area contributed by atoms with Gasteiger partial charge in [0.2, 0.25) is 5.91 Å². The third-order valence-corrected chi connectivity index (χ3v) is 4.02. The van der Waals surface area contributed by atoms with E-state index in [9.17, 15) is 14.0 Å². The maximum Gasteiger partial charge on any atom is 0.254 e. The molecule has 0 saturated heterocycles. The molecule has 0 aliphatic carbocycles. The highest BCUT2D eigenvalue weighted by atomic mass is 19.1. The minimum atomic E-state index is -0.596. The van der Waals surface area contributed by atoms with E-state index in [2.05, 4.69) is 10.6 Å². The van der Waals surface area contributed by atoms with Crippen molar-refractivity contribution in [2.75, 3.05) is 6.54 Å². The van der Waals surface area contributed by atoms with Gasteiger partial charge in [-0.05, 0) is 29.8 Å². The number of amides is 2. The van der Waals surface area contributed by atoms with E-state index in [0.29, 0.717) is 5.76 Å². The van der Waals surface area contributed by atoms with Crippen LogP contribution in [-0.2, 0) is 4.79 Å². The molecule has 0 radical (unpaired) electrons. The first-order valence-electron chi connectivity index (χ1n) is 8.55. The number of hydrogen-bond donors (Lipinski definition) is 2. The summed E-state index contributed by atoms with van der Waals surface area (Å²) in [7, 11) is 0. The Morgan fingerprint density at radius 1 is 0.963 bits per heavy atom. The van der Waals surface area contributed by atoms with Crippen molar-refractivity contribution in [1.82, 2.24) is 10.6 Å². The van der Waals surface area contributed by atoms with E-state index >= 15 is 0 Å². The van der Waals surface area contributed by atoms with Crippen LogP contribution < -0.4 is 10.6 Å². The zero-order valence-electron chi connectivity index (χ0n) is 14.5. The van der Waals surface area contributed by atoms with Gasteiger partial charge in [0.05, 0.1) is 11.8 Å². The Labute approximate surface area is 156 Å². The van der Waals surface area contributed by atoms with Gasteiger partial charge in [-0.3, -0.25) is 9.59 Å². The maximum absolute atomic E-state index is 13.6. The number of benzene rings is 2. The Hall–Kier alpha value is -3.41. The van der Waals surface area contributed by atoms with Crippen molar-refractivity contribution in [2.45, 2.75) is 12.5 Å². The molecule has 3 rings (SSSR count). The number of halogens is 1. The predicted molar refractivity (Wildman–Crippen MR) is 98.5 cm³/mol. The van der Waals surface area contributed by atoms with Gasteiger partial charge in [0.15, 0.2) is 0 Å². The molecule has 1 heterocycles. The lowest BCUT2D eigenvalue weighted by molar-refractivity contribution is -0.121.